The number of aryl methyl sites for hydroxylation is 1. The van der Waals surface area contributed by atoms with Gasteiger partial charge in [-0.1, -0.05) is 31.4 Å². The number of unbranched alkanes of at least 4 members (excludes halogenated alkanes) is 2. The first-order valence-corrected chi connectivity index (χ1v) is 12.2. The van der Waals surface area contributed by atoms with Gasteiger partial charge in [-0.05, 0) is 72.2 Å². The highest BCUT2D eigenvalue weighted by atomic mass is 16.5. The maximum atomic E-state index is 13.6. The van der Waals surface area contributed by atoms with Gasteiger partial charge in [0.05, 0.1) is 5.56 Å². The second-order valence-corrected chi connectivity index (χ2v) is 10.5. The minimum absolute atomic E-state index is 0.0748. The Bertz CT molecular complexity index is 872. The van der Waals surface area contributed by atoms with Crippen molar-refractivity contribution in [3.05, 3.63) is 34.4 Å². The zero-order valence-corrected chi connectivity index (χ0v) is 21.1. The maximum absolute atomic E-state index is 13.6. The molecule has 0 bridgehead atoms. The van der Waals surface area contributed by atoms with Crippen molar-refractivity contribution in [3.63, 3.8) is 0 Å². The Kier molecular flexibility index (Phi) is 7.59. The van der Waals surface area contributed by atoms with Crippen LogP contribution in [0.15, 0.2) is 17.7 Å². The number of aromatic hydroxyl groups is 1. The SMILES string of the molecule is CCCCCc1cc2c(c(O)c1C(=O)N(C)CCN(C)C)C1C=C(C)CCC1C(C)(C)O2. The van der Waals surface area contributed by atoms with Crippen molar-refractivity contribution in [3.8, 4) is 11.5 Å². The normalized spacial score (nSPS) is 21.4. The largest absolute Gasteiger partial charge is 0.507 e. The molecule has 1 aromatic carbocycles. The molecule has 5 heteroatoms. The van der Waals surface area contributed by atoms with E-state index in [0.717, 1.165) is 61.9 Å². The van der Waals surface area contributed by atoms with Crippen molar-refractivity contribution in [2.75, 3.05) is 34.2 Å². The second kappa shape index (κ2) is 9.86. The lowest BCUT2D eigenvalue weighted by Crippen LogP contribution is -2.45. The Hall–Kier alpha value is -2.01. The molecule has 32 heavy (non-hydrogen) atoms. The molecule has 1 aliphatic heterocycles. The first-order valence-electron chi connectivity index (χ1n) is 12.2. The zero-order valence-electron chi connectivity index (χ0n) is 21.1. The number of allylic oxidation sites excluding steroid dienone is 2. The first-order chi connectivity index (χ1) is 15.1. The molecule has 1 heterocycles. The second-order valence-electron chi connectivity index (χ2n) is 10.5. The van der Waals surface area contributed by atoms with Crippen LogP contribution in [0.3, 0.4) is 0 Å². The summed E-state index contributed by atoms with van der Waals surface area (Å²) in [7, 11) is 5.83. The van der Waals surface area contributed by atoms with Crippen LogP contribution in [0.25, 0.3) is 0 Å². The number of benzene rings is 1. The monoisotopic (exact) mass is 442 g/mol. The molecule has 1 aliphatic carbocycles. The number of phenolic OH excluding ortho intramolecular Hbond substituents is 1. The summed E-state index contributed by atoms with van der Waals surface area (Å²) in [6, 6.07) is 2.05. The molecule has 0 fully saturated rings. The van der Waals surface area contributed by atoms with Gasteiger partial charge in [-0.25, -0.2) is 0 Å². The average molecular weight is 443 g/mol. The number of fused-ring (bicyclic) bond motifs is 3. The van der Waals surface area contributed by atoms with E-state index in [-0.39, 0.29) is 29.1 Å². The van der Waals surface area contributed by atoms with E-state index in [1.807, 2.05) is 27.2 Å². The molecule has 0 aromatic heterocycles. The molecule has 5 nitrogen and oxygen atoms in total. The van der Waals surface area contributed by atoms with Crippen LogP contribution in [0.4, 0.5) is 0 Å². The van der Waals surface area contributed by atoms with E-state index < -0.39 is 0 Å². The van der Waals surface area contributed by atoms with Crippen LogP contribution in [0.1, 0.15) is 87.2 Å². The summed E-state index contributed by atoms with van der Waals surface area (Å²) in [6.07, 6.45) is 8.34. The number of carbonyl (C=O) groups is 1. The van der Waals surface area contributed by atoms with Crippen molar-refractivity contribution in [2.45, 2.75) is 77.7 Å². The number of phenols is 1. The molecule has 2 unspecified atom stereocenters. The maximum Gasteiger partial charge on any atom is 0.257 e. The highest BCUT2D eigenvalue weighted by Crippen LogP contribution is 2.54. The van der Waals surface area contributed by atoms with Gasteiger partial charge < -0.3 is 19.6 Å². The number of rotatable bonds is 8. The molecular formula is C27H42N2O3. The molecule has 0 saturated heterocycles. The minimum atomic E-state index is -0.310. The molecular weight excluding hydrogens is 400 g/mol. The Balaban J connectivity index is 2.10. The summed E-state index contributed by atoms with van der Waals surface area (Å²) in [5, 5.41) is 11.6. The molecule has 1 aromatic rings. The molecule has 178 valence electrons. The standard InChI is InChI=1S/C27H42N2O3/c1-8-9-10-11-19-17-22-24(20-16-18(2)12-13-21(20)27(3,4)32-22)25(30)23(19)26(31)29(7)15-14-28(5)6/h16-17,20-21,30H,8-15H2,1-7H3. The fraction of sp³-hybridized carbons (Fsp3) is 0.667. The summed E-state index contributed by atoms with van der Waals surface area (Å²) < 4.78 is 6.51. The van der Waals surface area contributed by atoms with Crippen molar-refractivity contribution < 1.29 is 14.6 Å². The third kappa shape index (κ3) is 4.98. The van der Waals surface area contributed by atoms with Crippen LogP contribution in [0.5, 0.6) is 11.5 Å². The quantitative estimate of drug-likeness (QED) is 0.434. The van der Waals surface area contributed by atoms with Gasteiger partial charge in [0.15, 0.2) is 0 Å². The summed E-state index contributed by atoms with van der Waals surface area (Å²) in [6.45, 7) is 10.0. The van der Waals surface area contributed by atoms with Gasteiger partial charge >= 0.3 is 0 Å². The van der Waals surface area contributed by atoms with E-state index in [0.29, 0.717) is 12.1 Å². The molecule has 0 radical (unpaired) electrons. The van der Waals surface area contributed by atoms with E-state index in [1.165, 1.54) is 5.57 Å². The van der Waals surface area contributed by atoms with Gasteiger partial charge in [0, 0.05) is 37.5 Å². The highest BCUT2D eigenvalue weighted by molar-refractivity contribution is 5.99. The Morgan fingerprint density at radius 1 is 1.22 bits per heavy atom. The predicted molar refractivity (Wildman–Crippen MR) is 131 cm³/mol. The molecule has 2 aliphatic rings. The van der Waals surface area contributed by atoms with Gasteiger partial charge in [-0.15, -0.1) is 0 Å². The lowest BCUT2D eigenvalue weighted by atomic mass is 9.67. The minimum Gasteiger partial charge on any atom is -0.507 e. The van der Waals surface area contributed by atoms with Crippen molar-refractivity contribution in [1.29, 1.82) is 0 Å². The van der Waals surface area contributed by atoms with Crippen LogP contribution in [0, 0.1) is 5.92 Å². The number of carbonyl (C=O) groups excluding carboxylic acids is 1. The number of nitrogens with zero attached hydrogens (tertiary/aromatic N) is 2. The van der Waals surface area contributed by atoms with E-state index in [1.54, 1.807) is 4.90 Å². The van der Waals surface area contributed by atoms with Crippen molar-refractivity contribution in [2.24, 2.45) is 5.92 Å². The number of amides is 1. The third-order valence-electron chi connectivity index (χ3n) is 7.22. The molecule has 1 N–H and O–H groups in total. The van der Waals surface area contributed by atoms with Gasteiger partial charge in [0.2, 0.25) is 0 Å². The topological polar surface area (TPSA) is 53.0 Å². The van der Waals surface area contributed by atoms with E-state index in [4.69, 9.17) is 4.74 Å². The number of hydrogen-bond donors (Lipinski definition) is 1. The zero-order chi connectivity index (χ0) is 23.6. The fourth-order valence-corrected chi connectivity index (χ4v) is 5.25. The van der Waals surface area contributed by atoms with Crippen LogP contribution in [-0.2, 0) is 6.42 Å². The highest BCUT2D eigenvalue weighted by Gasteiger charge is 2.46. The van der Waals surface area contributed by atoms with Crippen LogP contribution >= 0.6 is 0 Å². The van der Waals surface area contributed by atoms with Crippen LogP contribution < -0.4 is 4.74 Å². The fourth-order valence-electron chi connectivity index (χ4n) is 5.25. The smallest absolute Gasteiger partial charge is 0.257 e. The summed E-state index contributed by atoms with van der Waals surface area (Å²) in [4.78, 5) is 17.4. The lowest BCUT2D eigenvalue weighted by molar-refractivity contribution is 0.0106. The Labute approximate surface area is 194 Å². The van der Waals surface area contributed by atoms with E-state index in [2.05, 4.69) is 38.7 Å². The number of ether oxygens (including phenoxy) is 1. The molecule has 2 atom stereocenters. The van der Waals surface area contributed by atoms with Crippen molar-refractivity contribution in [1.82, 2.24) is 9.80 Å². The molecule has 0 spiro atoms. The molecule has 0 saturated carbocycles. The van der Waals surface area contributed by atoms with Gasteiger partial charge in [0.25, 0.3) is 5.91 Å². The number of likely N-dealkylation sites (N-methyl/N-ethyl adjacent to an activating group) is 2. The summed E-state index contributed by atoms with van der Waals surface area (Å²) in [5.41, 5.74) is 3.21. The van der Waals surface area contributed by atoms with E-state index >= 15 is 0 Å². The molecule has 3 rings (SSSR count). The first kappa shape index (κ1) is 24.6. The number of hydrogen-bond acceptors (Lipinski definition) is 4. The van der Waals surface area contributed by atoms with Gasteiger partial charge in [0.1, 0.15) is 17.1 Å². The van der Waals surface area contributed by atoms with E-state index in [9.17, 15) is 9.90 Å². The predicted octanol–water partition coefficient (Wildman–Crippen LogP) is 5.37. The van der Waals surface area contributed by atoms with Gasteiger partial charge in [-0.3, -0.25) is 4.79 Å². The lowest BCUT2D eigenvalue weighted by Gasteiger charge is -2.46. The average Bonchev–Trinajstić information content (AvgIpc) is 2.70. The molecule has 1 amide bonds. The van der Waals surface area contributed by atoms with Crippen molar-refractivity contribution >= 4 is 5.91 Å². The van der Waals surface area contributed by atoms with Gasteiger partial charge in [-0.2, -0.15) is 0 Å². The summed E-state index contributed by atoms with van der Waals surface area (Å²) >= 11 is 0. The van der Waals surface area contributed by atoms with Crippen LogP contribution in [-0.4, -0.2) is 60.6 Å². The Morgan fingerprint density at radius 2 is 1.94 bits per heavy atom. The third-order valence-corrected chi connectivity index (χ3v) is 7.22. The van der Waals surface area contributed by atoms with Crippen LogP contribution in [0.2, 0.25) is 0 Å². The Morgan fingerprint density at radius 3 is 2.59 bits per heavy atom. The summed E-state index contributed by atoms with van der Waals surface area (Å²) in [5.74, 6) is 1.14.